The highest BCUT2D eigenvalue weighted by Crippen LogP contribution is 2.35. The van der Waals surface area contributed by atoms with E-state index in [4.69, 9.17) is 4.55 Å². The number of hydrogen-bond donors (Lipinski definition) is 2. The smallest absolute Gasteiger partial charge is 0.353 e. The second-order valence-electron chi connectivity index (χ2n) is 7.22. The van der Waals surface area contributed by atoms with Crippen molar-refractivity contribution in [3.63, 3.8) is 0 Å². The zero-order valence-corrected chi connectivity index (χ0v) is 14.0. The van der Waals surface area contributed by atoms with E-state index >= 15 is 0 Å². The van der Waals surface area contributed by atoms with Gasteiger partial charge in [0.2, 0.25) is 5.91 Å². The van der Waals surface area contributed by atoms with Crippen LogP contribution < -0.4 is 5.32 Å². The molecule has 0 aromatic heterocycles. The molecule has 0 saturated carbocycles. The first kappa shape index (κ1) is 19.3. The Morgan fingerprint density at radius 2 is 1.70 bits per heavy atom. The van der Waals surface area contributed by atoms with Gasteiger partial charge in [-0.1, -0.05) is 41.5 Å². The van der Waals surface area contributed by atoms with Gasteiger partial charge in [-0.2, -0.15) is 8.42 Å². The normalized spacial score (nSPS) is 14.9. The molecule has 2 N–H and O–H groups in total. The molecular formula is C13H27NO5S. The van der Waals surface area contributed by atoms with Gasteiger partial charge in [0.15, 0.2) is 0 Å². The first-order valence-corrected chi connectivity index (χ1v) is 7.98. The molecule has 0 heterocycles. The maximum atomic E-state index is 12.2. The Balaban J connectivity index is 4.51. The SMILES string of the molecule is CC(C)(C)CC(C(=O)NCCOS(=O)(=O)O)C(C)(C)C. The number of amides is 1. The number of rotatable bonds is 6. The third kappa shape index (κ3) is 9.28. The predicted molar refractivity (Wildman–Crippen MR) is 77.5 cm³/mol. The molecule has 0 aromatic carbocycles. The molecule has 0 saturated heterocycles. The van der Waals surface area contributed by atoms with Crippen molar-refractivity contribution < 1.29 is 21.9 Å². The van der Waals surface area contributed by atoms with E-state index in [1.54, 1.807) is 0 Å². The Bertz CT molecular complexity index is 417. The molecule has 0 rings (SSSR count). The lowest BCUT2D eigenvalue weighted by Gasteiger charge is -2.34. The molecular weight excluding hydrogens is 282 g/mol. The molecule has 1 unspecified atom stereocenters. The van der Waals surface area contributed by atoms with Gasteiger partial charge in [-0.15, -0.1) is 0 Å². The number of hydrogen-bond acceptors (Lipinski definition) is 4. The minimum absolute atomic E-state index is 0.0141. The Kier molecular flexibility index (Phi) is 6.64. The predicted octanol–water partition coefficient (Wildman–Crippen LogP) is 2.02. The fraction of sp³-hybridized carbons (Fsp3) is 0.923. The molecule has 0 fully saturated rings. The molecule has 1 amide bonds. The summed E-state index contributed by atoms with van der Waals surface area (Å²) < 4.78 is 33.3. The molecule has 0 aliphatic carbocycles. The minimum Gasteiger partial charge on any atom is -0.353 e. The molecule has 0 aromatic rings. The number of carbonyl (C=O) groups is 1. The second kappa shape index (κ2) is 6.87. The van der Waals surface area contributed by atoms with E-state index in [2.05, 4.69) is 30.3 Å². The molecule has 0 spiro atoms. The average molecular weight is 309 g/mol. The van der Waals surface area contributed by atoms with Crippen molar-refractivity contribution in [2.45, 2.75) is 48.0 Å². The van der Waals surface area contributed by atoms with Gasteiger partial charge in [-0.3, -0.25) is 9.35 Å². The highest BCUT2D eigenvalue weighted by Gasteiger charge is 2.34. The van der Waals surface area contributed by atoms with Crippen molar-refractivity contribution in [2.24, 2.45) is 16.7 Å². The fourth-order valence-corrected chi connectivity index (χ4v) is 2.14. The molecule has 0 aliphatic heterocycles. The third-order valence-corrected chi connectivity index (χ3v) is 3.28. The highest BCUT2D eigenvalue weighted by molar-refractivity contribution is 7.80. The van der Waals surface area contributed by atoms with Gasteiger partial charge in [-0.05, 0) is 17.3 Å². The van der Waals surface area contributed by atoms with Crippen LogP contribution in [0.5, 0.6) is 0 Å². The summed E-state index contributed by atoms with van der Waals surface area (Å²) in [5, 5.41) is 2.64. The third-order valence-electron chi connectivity index (χ3n) is 2.81. The molecule has 7 heteroatoms. The lowest BCUT2D eigenvalue weighted by Crippen LogP contribution is -2.41. The minimum atomic E-state index is -4.45. The van der Waals surface area contributed by atoms with Gasteiger partial charge < -0.3 is 5.32 Å². The molecule has 0 radical (unpaired) electrons. The lowest BCUT2D eigenvalue weighted by atomic mass is 9.72. The van der Waals surface area contributed by atoms with Crippen LogP contribution in [0.15, 0.2) is 0 Å². The molecule has 20 heavy (non-hydrogen) atoms. The Morgan fingerprint density at radius 3 is 2.05 bits per heavy atom. The van der Waals surface area contributed by atoms with Crippen LogP contribution in [0.2, 0.25) is 0 Å². The topological polar surface area (TPSA) is 92.7 Å². The lowest BCUT2D eigenvalue weighted by molar-refractivity contribution is -0.129. The molecule has 0 bridgehead atoms. The number of nitrogens with one attached hydrogen (secondary N) is 1. The monoisotopic (exact) mass is 309 g/mol. The summed E-state index contributed by atoms with van der Waals surface area (Å²) in [5.41, 5.74) is -0.179. The van der Waals surface area contributed by atoms with Crippen molar-refractivity contribution in [3.05, 3.63) is 0 Å². The van der Waals surface area contributed by atoms with E-state index < -0.39 is 10.4 Å². The summed E-state index contributed by atoms with van der Waals surface area (Å²) in [7, 11) is -4.45. The Labute approximate surface area is 122 Å². The zero-order chi connectivity index (χ0) is 16.2. The second-order valence-corrected chi connectivity index (χ2v) is 8.32. The summed E-state index contributed by atoms with van der Waals surface area (Å²) >= 11 is 0. The van der Waals surface area contributed by atoms with E-state index in [0.29, 0.717) is 0 Å². The maximum absolute atomic E-state index is 12.2. The molecule has 0 aliphatic rings. The van der Waals surface area contributed by atoms with Crippen molar-refractivity contribution in [1.29, 1.82) is 0 Å². The van der Waals surface area contributed by atoms with Crippen molar-refractivity contribution in [3.8, 4) is 0 Å². The maximum Gasteiger partial charge on any atom is 0.397 e. The summed E-state index contributed by atoms with van der Waals surface area (Å²) in [6.45, 7) is 12.0. The van der Waals surface area contributed by atoms with Crippen LogP contribution in [0.25, 0.3) is 0 Å². The van der Waals surface area contributed by atoms with Crippen molar-refractivity contribution in [1.82, 2.24) is 5.32 Å². The zero-order valence-electron chi connectivity index (χ0n) is 13.2. The largest absolute Gasteiger partial charge is 0.397 e. The van der Waals surface area contributed by atoms with Gasteiger partial charge >= 0.3 is 10.4 Å². The first-order chi connectivity index (χ1) is 8.72. The van der Waals surface area contributed by atoms with Crippen molar-refractivity contribution >= 4 is 16.3 Å². The van der Waals surface area contributed by atoms with Crippen LogP contribution >= 0.6 is 0 Å². The van der Waals surface area contributed by atoms with Gasteiger partial charge in [0.1, 0.15) is 0 Å². The standard InChI is InChI=1S/C13H27NO5S/c1-12(2,3)9-10(13(4,5)6)11(15)14-7-8-19-20(16,17)18/h10H,7-9H2,1-6H3,(H,14,15)(H,16,17,18). The summed E-state index contributed by atoms with van der Waals surface area (Å²) in [6.07, 6.45) is 0.724. The summed E-state index contributed by atoms with van der Waals surface area (Å²) in [4.78, 5) is 12.2. The molecule has 1 atom stereocenters. The summed E-state index contributed by atoms with van der Waals surface area (Å²) in [5.74, 6) is -0.320. The Hall–Kier alpha value is -0.660. The van der Waals surface area contributed by atoms with Crippen molar-refractivity contribution in [2.75, 3.05) is 13.2 Å². The van der Waals surface area contributed by atoms with E-state index in [1.165, 1.54) is 0 Å². The van der Waals surface area contributed by atoms with Crippen LogP contribution in [0, 0.1) is 16.7 Å². The van der Waals surface area contributed by atoms with Gasteiger partial charge in [-0.25, -0.2) is 4.18 Å². The van der Waals surface area contributed by atoms with E-state index in [-0.39, 0.29) is 35.8 Å². The van der Waals surface area contributed by atoms with E-state index in [9.17, 15) is 13.2 Å². The fourth-order valence-electron chi connectivity index (χ4n) is 1.85. The van der Waals surface area contributed by atoms with Crippen LogP contribution in [-0.2, 0) is 19.4 Å². The number of carbonyl (C=O) groups excluding carboxylic acids is 1. The van der Waals surface area contributed by atoms with Crippen LogP contribution in [0.1, 0.15) is 48.0 Å². The first-order valence-electron chi connectivity index (χ1n) is 6.62. The summed E-state index contributed by atoms with van der Waals surface area (Å²) in [6, 6.07) is 0. The van der Waals surface area contributed by atoms with Crippen LogP contribution in [0.3, 0.4) is 0 Å². The Morgan fingerprint density at radius 1 is 1.20 bits per heavy atom. The van der Waals surface area contributed by atoms with Crippen LogP contribution in [0.4, 0.5) is 0 Å². The average Bonchev–Trinajstić information content (AvgIpc) is 2.16. The quantitative estimate of drug-likeness (QED) is 0.578. The van der Waals surface area contributed by atoms with Gasteiger partial charge in [0.05, 0.1) is 6.61 Å². The highest BCUT2D eigenvalue weighted by atomic mass is 32.3. The molecule has 120 valence electrons. The molecule has 6 nitrogen and oxygen atoms in total. The van der Waals surface area contributed by atoms with E-state index in [0.717, 1.165) is 6.42 Å². The van der Waals surface area contributed by atoms with E-state index in [1.807, 2.05) is 20.8 Å². The van der Waals surface area contributed by atoms with Gasteiger partial charge in [0.25, 0.3) is 0 Å². The van der Waals surface area contributed by atoms with Crippen LogP contribution in [-0.4, -0.2) is 32.0 Å². The van der Waals surface area contributed by atoms with Gasteiger partial charge in [0, 0.05) is 12.5 Å².